The van der Waals surface area contributed by atoms with E-state index in [1.807, 2.05) is 26.0 Å². The molecule has 0 fully saturated rings. The van der Waals surface area contributed by atoms with Crippen LogP contribution in [0.5, 0.6) is 11.5 Å². The molecule has 0 saturated heterocycles. The van der Waals surface area contributed by atoms with Gasteiger partial charge in [0.15, 0.2) is 0 Å². The molecule has 3 aromatic carbocycles. The smallest absolute Gasteiger partial charge is 0.138 e. The van der Waals surface area contributed by atoms with E-state index in [9.17, 15) is 8.78 Å². The molecule has 3 aromatic rings. The van der Waals surface area contributed by atoms with Gasteiger partial charge in [0.2, 0.25) is 0 Å². The van der Waals surface area contributed by atoms with Crippen LogP contribution in [0.1, 0.15) is 49.1 Å². The summed E-state index contributed by atoms with van der Waals surface area (Å²) in [6, 6.07) is 19.7. The molecule has 5 rings (SSSR count). The first-order valence-corrected chi connectivity index (χ1v) is 12.5. The van der Waals surface area contributed by atoms with Crippen LogP contribution in [-0.2, 0) is 19.4 Å². The van der Waals surface area contributed by atoms with E-state index in [-0.39, 0.29) is 12.5 Å². The molecule has 2 heterocycles. The van der Waals surface area contributed by atoms with Crippen LogP contribution in [0.3, 0.4) is 0 Å². The van der Waals surface area contributed by atoms with Crippen LogP contribution in [-0.4, -0.2) is 25.2 Å². The van der Waals surface area contributed by atoms with Crippen LogP contribution in [0.15, 0.2) is 65.6 Å². The van der Waals surface area contributed by atoms with Gasteiger partial charge in [-0.05, 0) is 84.5 Å². The Kier molecular flexibility index (Phi) is 9.78. The molecule has 0 aliphatic carbocycles. The normalized spacial score (nSPS) is 15.9. The number of fused-ring (bicyclic) bond motifs is 4. The Morgan fingerprint density at radius 1 is 0.971 bits per heavy atom. The maximum absolute atomic E-state index is 13.3. The zero-order valence-corrected chi connectivity index (χ0v) is 21.1. The van der Waals surface area contributed by atoms with Crippen molar-refractivity contribution >= 4 is 12.0 Å². The molecule has 1 atom stereocenters. The maximum atomic E-state index is 13.3. The van der Waals surface area contributed by atoms with Crippen LogP contribution in [0.4, 0.5) is 8.78 Å². The highest BCUT2D eigenvalue weighted by molar-refractivity contribution is 7.95. The van der Waals surface area contributed by atoms with Gasteiger partial charge >= 0.3 is 0 Å². The number of halogens is 2. The van der Waals surface area contributed by atoms with Crippen LogP contribution in [0, 0.1) is 5.82 Å². The van der Waals surface area contributed by atoms with Crippen molar-refractivity contribution in [2.45, 2.75) is 51.1 Å². The summed E-state index contributed by atoms with van der Waals surface area (Å²) in [6.07, 6.45) is 2.05. The van der Waals surface area contributed by atoms with E-state index >= 15 is 0 Å². The van der Waals surface area contributed by atoms with Gasteiger partial charge < -0.3 is 8.92 Å². The monoisotopic (exact) mass is 485 g/mol. The van der Waals surface area contributed by atoms with E-state index in [1.165, 1.54) is 53.4 Å². The minimum atomic E-state index is -0.252. The molecule has 0 radical (unpaired) electrons. The predicted octanol–water partition coefficient (Wildman–Crippen LogP) is 7.58. The zero-order valence-electron chi connectivity index (χ0n) is 20.3. The summed E-state index contributed by atoms with van der Waals surface area (Å²) in [5.74, 6) is 1.49. The third-order valence-electron chi connectivity index (χ3n) is 5.81. The second-order valence-corrected chi connectivity index (χ2v) is 8.63. The molecule has 0 bridgehead atoms. The Morgan fingerprint density at radius 3 is 2.44 bits per heavy atom. The molecule has 3 nitrogen and oxygen atoms in total. The molecule has 34 heavy (non-hydrogen) atoms. The van der Waals surface area contributed by atoms with Crippen molar-refractivity contribution < 1.29 is 17.7 Å². The fourth-order valence-electron chi connectivity index (χ4n) is 4.34. The molecule has 2 aliphatic heterocycles. The Bertz CT molecular complexity index is 1080. The van der Waals surface area contributed by atoms with Crippen LogP contribution in [0.25, 0.3) is 0 Å². The fourth-order valence-corrected chi connectivity index (χ4v) is 4.93. The van der Waals surface area contributed by atoms with Gasteiger partial charge in [-0.2, -0.15) is 0 Å². The lowest BCUT2D eigenvalue weighted by molar-refractivity contribution is 0.160. The standard InChI is InChI=1S/C24H22FNO2S.C2H5F.C2H6/c1-27-20-7-8-23-17(11-20)9-10-26-15-18-12-21(6-5-16(18)13-24(23)26)28-29-22-4-2-3-19(25)14-22;1-2-3;1-2/h2-8,11-12,14,24H,9-10,13,15H2,1H3;2H2,1H3;1-2H3. The molecule has 0 amide bonds. The molecule has 0 saturated carbocycles. The molecule has 0 spiro atoms. The lowest BCUT2D eigenvalue weighted by Gasteiger charge is -2.41. The van der Waals surface area contributed by atoms with Gasteiger partial charge in [0.1, 0.15) is 17.3 Å². The van der Waals surface area contributed by atoms with Crippen LogP contribution in [0.2, 0.25) is 0 Å². The minimum Gasteiger partial charge on any atom is -0.497 e. The maximum Gasteiger partial charge on any atom is 0.138 e. The van der Waals surface area contributed by atoms with Gasteiger partial charge in [-0.25, -0.2) is 4.39 Å². The van der Waals surface area contributed by atoms with Gasteiger partial charge in [0.25, 0.3) is 0 Å². The van der Waals surface area contributed by atoms with Crippen molar-refractivity contribution in [2.75, 3.05) is 20.3 Å². The average Bonchev–Trinajstić information content (AvgIpc) is 2.87. The van der Waals surface area contributed by atoms with E-state index in [1.54, 1.807) is 13.2 Å². The highest BCUT2D eigenvalue weighted by Gasteiger charge is 2.32. The highest BCUT2D eigenvalue weighted by atomic mass is 32.2. The lowest BCUT2D eigenvalue weighted by atomic mass is 9.84. The van der Waals surface area contributed by atoms with Crippen molar-refractivity contribution in [3.63, 3.8) is 0 Å². The number of hydrogen-bond donors (Lipinski definition) is 0. The summed E-state index contributed by atoms with van der Waals surface area (Å²) in [6.45, 7) is 7.18. The van der Waals surface area contributed by atoms with Gasteiger partial charge in [0, 0.05) is 19.1 Å². The number of alkyl halides is 1. The predicted molar refractivity (Wildman–Crippen MR) is 136 cm³/mol. The first kappa shape index (κ1) is 26.0. The van der Waals surface area contributed by atoms with E-state index in [0.29, 0.717) is 6.04 Å². The molecule has 1 unspecified atom stereocenters. The number of nitrogens with zero attached hydrogens (tertiary/aromatic N) is 1. The van der Waals surface area contributed by atoms with Crippen LogP contribution >= 0.6 is 12.0 Å². The topological polar surface area (TPSA) is 21.7 Å². The van der Waals surface area contributed by atoms with Gasteiger partial charge in [0.05, 0.1) is 30.7 Å². The van der Waals surface area contributed by atoms with Crippen molar-refractivity contribution in [1.82, 2.24) is 4.90 Å². The van der Waals surface area contributed by atoms with Crippen molar-refractivity contribution in [3.8, 4) is 11.5 Å². The van der Waals surface area contributed by atoms with E-state index in [2.05, 4.69) is 35.2 Å². The van der Waals surface area contributed by atoms with E-state index < -0.39 is 0 Å². The summed E-state index contributed by atoms with van der Waals surface area (Å²) in [5.41, 5.74) is 5.51. The fraction of sp³-hybridized carbons (Fsp3) is 0.357. The number of hydrogen-bond acceptors (Lipinski definition) is 4. The summed E-state index contributed by atoms with van der Waals surface area (Å²) in [7, 11) is 1.72. The minimum absolute atomic E-state index is 0.250. The summed E-state index contributed by atoms with van der Waals surface area (Å²) >= 11 is 1.19. The third-order valence-corrected chi connectivity index (χ3v) is 6.54. The second kappa shape index (κ2) is 12.8. The molecule has 0 N–H and O–H groups in total. The van der Waals surface area contributed by atoms with Gasteiger partial charge in [-0.3, -0.25) is 9.29 Å². The Morgan fingerprint density at radius 2 is 1.71 bits per heavy atom. The third kappa shape index (κ3) is 6.30. The molecular weight excluding hydrogens is 452 g/mol. The SMILES string of the molecule is CC.CCF.COc1ccc2c(c1)CCN1Cc3cc(OSc4cccc(F)c4)ccc3CC21. The molecule has 2 aliphatic rings. The first-order chi connectivity index (χ1) is 16.6. The van der Waals surface area contributed by atoms with Crippen LogP contribution < -0.4 is 8.92 Å². The highest BCUT2D eigenvalue weighted by Crippen LogP contribution is 2.40. The average molecular weight is 486 g/mol. The van der Waals surface area contributed by atoms with Crippen molar-refractivity contribution in [2.24, 2.45) is 0 Å². The number of benzene rings is 3. The molecule has 6 heteroatoms. The summed E-state index contributed by atoms with van der Waals surface area (Å²) < 4.78 is 34.9. The molecule has 0 aromatic heterocycles. The van der Waals surface area contributed by atoms with Crippen molar-refractivity contribution in [1.29, 1.82) is 0 Å². The summed E-state index contributed by atoms with van der Waals surface area (Å²) in [5, 5.41) is 0. The molecular formula is C28H33F2NO2S. The number of methoxy groups -OCH3 is 1. The van der Waals surface area contributed by atoms with Gasteiger partial charge in [-0.15, -0.1) is 0 Å². The first-order valence-electron chi connectivity index (χ1n) is 11.8. The quantitative estimate of drug-likeness (QED) is 0.355. The van der Waals surface area contributed by atoms with E-state index in [0.717, 1.165) is 42.3 Å². The van der Waals surface area contributed by atoms with E-state index in [4.69, 9.17) is 8.92 Å². The molecule has 182 valence electrons. The summed E-state index contributed by atoms with van der Waals surface area (Å²) in [4.78, 5) is 3.31. The number of ether oxygens (including phenoxy) is 1. The van der Waals surface area contributed by atoms with Gasteiger partial charge in [-0.1, -0.05) is 32.0 Å². The number of rotatable bonds is 4. The second-order valence-electron chi connectivity index (χ2n) is 7.83. The Labute approximate surface area is 206 Å². The largest absolute Gasteiger partial charge is 0.497 e. The van der Waals surface area contributed by atoms with Crippen molar-refractivity contribution in [3.05, 3.63) is 88.7 Å². The Balaban J connectivity index is 0.000000603. The lowest BCUT2D eigenvalue weighted by Crippen LogP contribution is -2.39. The Hall–Kier alpha value is -2.57. The zero-order chi connectivity index (χ0) is 24.5.